The predicted molar refractivity (Wildman–Crippen MR) is 114 cm³/mol. The Kier molecular flexibility index (Phi) is 6.25. The zero-order chi connectivity index (χ0) is 21.1. The molecule has 1 N–H and O–H groups in total. The number of nitrogens with one attached hydrogen (secondary N) is 1. The van der Waals surface area contributed by atoms with Crippen LogP contribution in [0.25, 0.3) is 5.57 Å². The summed E-state index contributed by atoms with van der Waals surface area (Å²) in [4.78, 5) is 27.0. The van der Waals surface area contributed by atoms with Crippen LogP contribution in [-0.4, -0.2) is 37.9 Å². The molecule has 2 heterocycles. The van der Waals surface area contributed by atoms with Gasteiger partial charge in [-0.15, -0.1) is 0 Å². The second-order valence-electron chi connectivity index (χ2n) is 7.64. The van der Waals surface area contributed by atoms with Gasteiger partial charge in [-0.25, -0.2) is 4.79 Å². The number of hydrogen-bond acceptors (Lipinski definition) is 5. The molecule has 2 fully saturated rings. The minimum absolute atomic E-state index is 0.0345. The molecule has 1 aliphatic carbocycles. The molecule has 0 amide bonds. The molecule has 2 aliphatic rings. The zero-order valence-electron chi connectivity index (χ0n) is 16.8. The van der Waals surface area contributed by atoms with Crippen molar-refractivity contribution in [2.75, 3.05) is 26.9 Å². The van der Waals surface area contributed by atoms with Gasteiger partial charge in [0.25, 0.3) is 5.56 Å². The van der Waals surface area contributed by atoms with Gasteiger partial charge in [0.2, 0.25) is 0 Å². The van der Waals surface area contributed by atoms with E-state index < -0.39 is 5.97 Å². The minimum Gasteiger partial charge on any atom is -0.480 e. The molecular formula is C23H24ClNO5. The molecule has 0 bridgehead atoms. The third-order valence-electron chi connectivity index (χ3n) is 5.43. The fourth-order valence-corrected chi connectivity index (χ4v) is 3.84. The van der Waals surface area contributed by atoms with E-state index in [0.717, 1.165) is 48.3 Å². The first-order chi connectivity index (χ1) is 14.5. The first-order valence-corrected chi connectivity index (χ1v) is 10.5. The highest BCUT2D eigenvalue weighted by Gasteiger charge is 2.26. The number of aromatic amines is 1. The highest BCUT2D eigenvalue weighted by Crippen LogP contribution is 2.38. The number of H-pyrrole nitrogens is 1. The molecule has 1 unspecified atom stereocenters. The second-order valence-corrected chi connectivity index (χ2v) is 8.05. The molecule has 2 aromatic rings. The number of halogens is 1. The van der Waals surface area contributed by atoms with E-state index in [2.05, 4.69) is 15.8 Å². The van der Waals surface area contributed by atoms with Crippen molar-refractivity contribution in [3.8, 4) is 5.75 Å². The van der Waals surface area contributed by atoms with Gasteiger partial charge in [-0.05, 0) is 48.9 Å². The van der Waals surface area contributed by atoms with E-state index >= 15 is 0 Å². The van der Waals surface area contributed by atoms with Crippen LogP contribution in [0.1, 0.15) is 42.0 Å². The summed E-state index contributed by atoms with van der Waals surface area (Å²) in [5, 5.41) is 0.377. The molecule has 0 spiro atoms. The Bertz CT molecular complexity index is 1020. The van der Waals surface area contributed by atoms with Crippen LogP contribution in [0.5, 0.6) is 5.75 Å². The molecular weight excluding hydrogens is 406 g/mol. The van der Waals surface area contributed by atoms with Crippen molar-refractivity contribution in [3.05, 3.63) is 68.6 Å². The lowest BCUT2D eigenvalue weighted by atomic mass is 9.96. The first-order valence-electron chi connectivity index (χ1n) is 10.1. The molecule has 1 aromatic carbocycles. The van der Waals surface area contributed by atoms with Gasteiger partial charge in [0.1, 0.15) is 5.75 Å². The van der Waals surface area contributed by atoms with Crippen molar-refractivity contribution in [3.63, 3.8) is 0 Å². The monoisotopic (exact) mass is 429 g/mol. The fraction of sp³-hybridized carbons (Fsp3) is 0.391. The average molecular weight is 430 g/mol. The van der Waals surface area contributed by atoms with Gasteiger partial charge >= 0.3 is 5.97 Å². The number of rotatable bonds is 7. The van der Waals surface area contributed by atoms with Crippen LogP contribution < -0.4 is 10.3 Å². The van der Waals surface area contributed by atoms with Crippen molar-refractivity contribution >= 4 is 23.1 Å². The molecule has 158 valence electrons. The van der Waals surface area contributed by atoms with Crippen molar-refractivity contribution < 1.29 is 19.0 Å². The summed E-state index contributed by atoms with van der Waals surface area (Å²) in [5.74, 6) is 0.567. The van der Waals surface area contributed by atoms with Crippen LogP contribution in [-0.2, 0) is 14.3 Å². The highest BCUT2D eigenvalue weighted by atomic mass is 35.5. The molecule has 1 saturated heterocycles. The third kappa shape index (κ3) is 4.77. The Labute approximate surface area is 179 Å². The highest BCUT2D eigenvalue weighted by molar-refractivity contribution is 6.32. The lowest BCUT2D eigenvalue weighted by Gasteiger charge is -2.14. The number of esters is 1. The SMILES string of the molecule is COC(=O)COc1ccc(/C(=C\C2CCOC2)c2ccc(C3CC3)c(=O)[nH]2)cc1Cl. The lowest BCUT2D eigenvalue weighted by molar-refractivity contribution is -0.142. The molecule has 7 heteroatoms. The molecule has 1 aromatic heterocycles. The number of carbonyl (C=O) groups is 1. The Morgan fingerprint density at radius 2 is 2.10 bits per heavy atom. The van der Waals surface area contributed by atoms with Gasteiger partial charge in [0, 0.05) is 29.4 Å². The van der Waals surface area contributed by atoms with Gasteiger partial charge in [-0.2, -0.15) is 0 Å². The summed E-state index contributed by atoms with van der Waals surface area (Å²) in [6.45, 7) is 1.17. The Morgan fingerprint density at radius 1 is 1.27 bits per heavy atom. The van der Waals surface area contributed by atoms with Gasteiger partial charge in [0.05, 0.1) is 18.7 Å². The molecule has 1 aliphatic heterocycles. The van der Waals surface area contributed by atoms with Crippen molar-refractivity contribution in [2.24, 2.45) is 5.92 Å². The fourth-order valence-electron chi connectivity index (χ4n) is 3.60. The van der Waals surface area contributed by atoms with E-state index in [0.29, 0.717) is 23.3 Å². The smallest absolute Gasteiger partial charge is 0.343 e. The van der Waals surface area contributed by atoms with E-state index in [9.17, 15) is 9.59 Å². The third-order valence-corrected chi connectivity index (χ3v) is 5.73. The number of carbonyl (C=O) groups excluding carboxylic acids is 1. The summed E-state index contributed by atoms with van der Waals surface area (Å²) in [6.07, 6.45) is 5.22. The van der Waals surface area contributed by atoms with E-state index in [4.69, 9.17) is 21.1 Å². The summed E-state index contributed by atoms with van der Waals surface area (Å²) in [5.41, 5.74) is 3.31. The van der Waals surface area contributed by atoms with Crippen LogP contribution >= 0.6 is 11.6 Å². The van der Waals surface area contributed by atoms with Crippen molar-refractivity contribution in [2.45, 2.75) is 25.2 Å². The van der Waals surface area contributed by atoms with Gasteiger partial charge < -0.3 is 19.2 Å². The van der Waals surface area contributed by atoms with E-state index in [1.54, 1.807) is 12.1 Å². The Morgan fingerprint density at radius 3 is 2.73 bits per heavy atom. The number of benzene rings is 1. The van der Waals surface area contributed by atoms with Crippen LogP contribution in [0.15, 0.2) is 41.2 Å². The maximum atomic E-state index is 12.6. The first kappa shape index (κ1) is 20.7. The van der Waals surface area contributed by atoms with Crippen molar-refractivity contribution in [1.82, 2.24) is 4.98 Å². The lowest BCUT2D eigenvalue weighted by Crippen LogP contribution is -2.14. The Hall–Kier alpha value is -2.57. The second kappa shape index (κ2) is 9.06. The summed E-state index contributed by atoms with van der Waals surface area (Å²) < 4.78 is 15.5. The number of hydrogen-bond donors (Lipinski definition) is 1. The van der Waals surface area contributed by atoms with Crippen LogP contribution in [0.4, 0.5) is 0 Å². The summed E-state index contributed by atoms with van der Waals surface area (Å²) in [7, 11) is 1.30. The molecule has 30 heavy (non-hydrogen) atoms. The van der Waals surface area contributed by atoms with E-state index in [1.807, 2.05) is 18.2 Å². The maximum absolute atomic E-state index is 12.6. The van der Waals surface area contributed by atoms with Crippen molar-refractivity contribution in [1.29, 1.82) is 0 Å². The number of ether oxygens (including phenoxy) is 3. The summed E-state index contributed by atoms with van der Waals surface area (Å²) in [6, 6.07) is 9.26. The topological polar surface area (TPSA) is 77.6 Å². The van der Waals surface area contributed by atoms with Gasteiger partial charge in [-0.1, -0.05) is 29.8 Å². The molecule has 4 rings (SSSR count). The van der Waals surface area contributed by atoms with Crippen LogP contribution in [0.3, 0.4) is 0 Å². The number of aromatic nitrogens is 1. The molecule has 0 radical (unpaired) electrons. The average Bonchev–Trinajstić information content (AvgIpc) is 3.45. The van der Waals surface area contributed by atoms with Crippen LogP contribution in [0, 0.1) is 5.92 Å². The predicted octanol–water partition coefficient (Wildman–Crippen LogP) is 3.93. The number of methoxy groups -OCH3 is 1. The van der Waals surface area contributed by atoms with Gasteiger partial charge in [-0.3, -0.25) is 4.79 Å². The minimum atomic E-state index is -0.481. The van der Waals surface area contributed by atoms with Gasteiger partial charge in [0.15, 0.2) is 6.61 Å². The largest absolute Gasteiger partial charge is 0.480 e. The molecule has 1 atom stereocenters. The quantitative estimate of drug-likeness (QED) is 0.675. The number of pyridine rings is 1. The standard InChI is InChI=1S/C23H24ClNO5/c1-28-22(26)13-30-21-7-4-16(11-19(21)24)18(10-14-8-9-29-12-14)20-6-5-17(15-2-3-15)23(27)25-20/h4-7,10-11,14-15H,2-3,8-9,12-13H2,1H3,(H,25,27)/b18-10+. The normalized spacial score (nSPS) is 19.0. The Balaban J connectivity index is 1.66. The van der Waals surface area contributed by atoms with Crippen LogP contribution in [0.2, 0.25) is 5.02 Å². The molecule has 6 nitrogen and oxygen atoms in total. The maximum Gasteiger partial charge on any atom is 0.343 e. The zero-order valence-corrected chi connectivity index (χ0v) is 17.5. The summed E-state index contributed by atoms with van der Waals surface area (Å²) >= 11 is 6.41. The van der Waals surface area contributed by atoms with E-state index in [-0.39, 0.29) is 18.1 Å². The van der Waals surface area contributed by atoms with E-state index in [1.165, 1.54) is 7.11 Å². The molecule has 1 saturated carbocycles.